The Morgan fingerprint density at radius 1 is 1.00 bits per heavy atom. The van der Waals surface area contributed by atoms with Crippen LogP contribution in [0.4, 0.5) is 22.9 Å². The Morgan fingerprint density at radius 2 is 1.75 bits per heavy atom. The summed E-state index contributed by atoms with van der Waals surface area (Å²) in [4.78, 5) is 14.5. The van der Waals surface area contributed by atoms with Crippen LogP contribution in [0.15, 0.2) is 66.9 Å². The van der Waals surface area contributed by atoms with Gasteiger partial charge in [-0.05, 0) is 103 Å². The molecule has 2 unspecified atom stereocenters. The van der Waals surface area contributed by atoms with Crippen molar-refractivity contribution in [2.75, 3.05) is 10.2 Å². The Morgan fingerprint density at radius 3 is 2.47 bits per heavy atom. The first-order valence-corrected chi connectivity index (χ1v) is 13.7. The fourth-order valence-electron chi connectivity index (χ4n) is 7.26. The number of fused-ring (bicyclic) bond motifs is 3. The summed E-state index contributed by atoms with van der Waals surface area (Å²) < 4.78 is 2.12. The molecule has 5 heteroatoms. The van der Waals surface area contributed by atoms with Gasteiger partial charge in [0.25, 0.3) is 5.82 Å². The Labute approximate surface area is 219 Å². The summed E-state index contributed by atoms with van der Waals surface area (Å²) in [5.74, 6) is 3.61. The fraction of sp³-hybridized carbons (Fsp3) is 0.419. The van der Waals surface area contributed by atoms with Crippen LogP contribution >= 0.6 is 11.6 Å². The van der Waals surface area contributed by atoms with Crippen LogP contribution in [-0.2, 0) is 16.8 Å². The molecule has 0 spiro atoms. The molecule has 1 N–H and O–H groups in total. The molecule has 1 aromatic heterocycles. The highest BCUT2D eigenvalue weighted by molar-refractivity contribution is 6.33. The Balaban J connectivity index is 1.19. The topological polar surface area (TPSA) is 36.2 Å². The molecular formula is C31H35ClN3O+. The van der Waals surface area contributed by atoms with Gasteiger partial charge in [0.05, 0.1) is 23.3 Å². The van der Waals surface area contributed by atoms with Crippen LogP contribution in [0.2, 0.25) is 5.02 Å². The van der Waals surface area contributed by atoms with Crippen molar-refractivity contribution in [2.24, 2.45) is 17.8 Å². The van der Waals surface area contributed by atoms with E-state index in [2.05, 4.69) is 41.9 Å². The molecule has 2 fully saturated rings. The lowest BCUT2D eigenvalue weighted by atomic mass is 9.57. The van der Waals surface area contributed by atoms with Crippen molar-refractivity contribution in [3.8, 4) is 0 Å². The summed E-state index contributed by atoms with van der Waals surface area (Å²) in [6, 6.07) is 20.6. The molecule has 186 valence electrons. The van der Waals surface area contributed by atoms with E-state index in [1.54, 1.807) is 4.90 Å². The number of aryl methyl sites for hydroxylation is 1. The lowest BCUT2D eigenvalue weighted by molar-refractivity contribution is -0.685. The molecule has 1 aliphatic heterocycles. The summed E-state index contributed by atoms with van der Waals surface area (Å²) in [6.45, 7) is 5.59. The zero-order chi connectivity index (χ0) is 24.9. The van der Waals surface area contributed by atoms with Gasteiger partial charge in [-0.3, -0.25) is 0 Å². The fourth-order valence-corrected chi connectivity index (χ4v) is 7.49. The number of amides is 1. The molecule has 2 aliphatic carbocycles. The number of benzene rings is 2. The van der Waals surface area contributed by atoms with Crippen molar-refractivity contribution < 1.29 is 9.36 Å². The van der Waals surface area contributed by atoms with Crippen LogP contribution in [0.1, 0.15) is 57.9 Å². The maximum atomic E-state index is 12.7. The van der Waals surface area contributed by atoms with Crippen LogP contribution < -0.4 is 14.8 Å². The monoisotopic (exact) mass is 500 g/mol. The molecule has 3 aliphatic rings. The number of rotatable bonds is 4. The smallest absolute Gasteiger partial charge is 0.318 e. The van der Waals surface area contributed by atoms with Crippen LogP contribution in [0, 0.1) is 17.8 Å². The first-order chi connectivity index (χ1) is 17.4. The summed E-state index contributed by atoms with van der Waals surface area (Å²) in [6.07, 6.45) is 9.24. The molecule has 2 aromatic carbocycles. The highest BCUT2D eigenvalue weighted by Gasteiger charge is 2.42. The second-order valence-electron chi connectivity index (χ2n) is 11.6. The molecule has 2 atom stereocenters. The van der Waals surface area contributed by atoms with Gasteiger partial charge in [-0.1, -0.05) is 37.6 Å². The number of carbonyl (C=O) groups excluding carboxylic acids is 1. The van der Waals surface area contributed by atoms with Crippen LogP contribution in [0.25, 0.3) is 0 Å². The number of hydrogen-bond acceptors (Lipinski definition) is 2. The summed E-state index contributed by atoms with van der Waals surface area (Å²) in [5, 5.41) is 4.24. The van der Waals surface area contributed by atoms with E-state index in [4.69, 9.17) is 11.6 Å². The highest BCUT2D eigenvalue weighted by Crippen LogP contribution is 2.51. The average molecular weight is 501 g/mol. The van der Waals surface area contributed by atoms with Gasteiger partial charge in [0.15, 0.2) is 0 Å². The second kappa shape index (κ2) is 9.23. The third kappa shape index (κ3) is 4.41. The standard InChI is InChI=1S/C31H35ClN3O/c1-21-15-22-17-23(16-21)20-31(2,19-22)24-6-11-28(27(32)18-24)33-25-7-9-26(10-8-25)35-29-5-3-4-13-34(29)14-12-30(35)36/h3-11,13,18,21-23,33H,12,14-17,19-20H2,1-2H3/q+1. The Hall–Kier alpha value is -2.85. The van der Waals surface area contributed by atoms with Gasteiger partial charge in [-0.25, -0.2) is 9.36 Å². The normalized spacial score (nSPS) is 27.5. The van der Waals surface area contributed by atoms with Crippen LogP contribution in [-0.4, -0.2) is 5.91 Å². The largest absolute Gasteiger partial charge is 0.354 e. The first kappa shape index (κ1) is 23.5. The van der Waals surface area contributed by atoms with Gasteiger partial charge < -0.3 is 5.32 Å². The van der Waals surface area contributed by atoms with E-state index in [0.29, 0.717) is 6.42 Å². The van der Waals surface area contributed by atoms with Crippen molar-refractivity contribution in [1.82, 2.24) is 0 Å². The van der Waals surface area contributed by atoms with E-state index in [-0.39, 0.29) is 11.3 Å². The number of aromatic nitrogens is 1. The second-order valence-corrected chi connectivity index (χ2v) is 12.0. The predicted molar refractivity (Wildman–Crippen MR) is 146 cm³/mol. The predicted octanol–water partition coefficient (Wildman–Crippen LogP) is 7.54. The minimum absolute atomic E-state index is 0.121. The molecule has 0 saturated heterocycles. The number of halogens is 1. The Bertz CT molecular complexity index is 1270. The summed E-state index contributed by atoms with van der Waals surface area (Å²) in [5.41, 5.74) is 4.32. The molecule has 6 rings (SSSR count). The number of anilines is 4. The van der Waals surface area contributed by atoms with Crippen LogP contribution in [0.5, 0.6) is 0 Å². The molecular weight excluding hydrogens is 466 g/mol. The third-order valence-corrected chi connectivity index (χ3v) is 8.96. The molecule has 2 bridgehead atoms. The molecule has 36 heavy (non-hydrogen) atoms. The van der Waals surface area contributed by atoms with E-state index >= 15 is 0 Å². The summed E-state index contributed by atoms with van der Waals surface area (Å²) >= 11 is 6.81. The SMILES string of the molecule is CC1CC2CC(C1)CC(C)(c1ccc(Nc3ccc(N4C(=O)CC[n+]5ccccc54)cc3)c(Cl)c1)C2. The van der Waals surface area contributed by atoms with Crippen molar-refractivity contribution in [3.05, 3.63) is 77.4 Å². The molecule has 1 amide bonds. The van der Waals surface area contributed by atoms with Crippen molar-refractivity contribution in [1.29, 1.82) is 0 Å². The highest BCUT2D eigenvalue weighted by atomic mass is 35.5. The zero-order valence-electron chi connectivity index (χ0n) is 21.2. The maximum absolute atomic E-state index is 12.7. The third-order valence-electron chi connectivity index (χ3n) is 8.65. The summed E-state index contributed by atoms with van der Waals surface area (Å²) in [7, 11) is 0. The minimum atomic E-state index is 0.121. The zero-order valence-corrected chi connectivity index (χ0v) is 22.0. The molecule has 4 nitrogen and oxygen atoms in total. The maximum Gasteiger partial charge on any atom is 0.318 e. The van der Waals surface area contributed by atoms with Gasteiger partial charge in [0.2, 0.25) is 0 Å². The van der Waals surface area contributed by atoms with Crippen molar-refractivity contribution in [3.63, 3.8) is 0 Å². The number of nitrogens with one attached hydrogen (secondary N) is 1. The number of nitrogens with zero attached hydrogens (tertiary/aromatic N) is 2. The van der Waals surface area contributed by atoms with Gasteiger partial charge in [0, 0.05) is 11.8 Å². The van der Waals surface area contributed by atoms with Gasteiger partial charge in [-0.2, -0.15) is 4.90 Å². The van der Waals surface area contributed by atoms with E-state index in [1.165, 1.54) is 37.7 Å². The van der Waals surface area contributed by atoms with E-state index < -0.39 is 0 Å². The first-order valence-electron chi connectivity index (χ1n) is 13.4. The van der Waals surface area contributed by atoms with E-state index in [1.807, 2.05) is 48.7 Å². The number of pyridine rings is 1. The Kier molecular flexibility index (Phi) is 6.03. The lowest BCUT2D eigenvalue weighted by Gasteiger charge is -2.47. The molecule has 2 heterocycles. The van der Waals surface area contributed by atoms with Gasteiger partial charge in [0.1, 0.15) is 12.2 Å². The van der Waals surface area contributed by atoms with E-state index in [0.717, 1.165) is 52.2 Å². The number of hydrogen-bond donors (Lipinski definition) is 1. The molecule has 3 aromatic rings. The average Bonchev–Trinajstić information content (AvgIpc) is 2.85. The quantitative estimate of drug-likeness (QED) is 0.375. The van der Waals surface area contributed by atoms with E-state index in [9.17, 15) is 4.79 Å². The number of carbonyl (C=O) groups is 1. The van der Waals surface area contributed by atoms with Gasteiger partial charge >= 0.3 is 5.91 Å². The lowest BCUT2D eigenvalue weighted by Crippen LogP contribution is -2.48. The van der Waals surface area contributed by atoms with Gasteiger partial charge in [-0.15, -0.1) is 0 Å². The van der Waals surface area contributed by atoms with Crippen LogP contribution in [0.3, 0.4) is 0 Å². The van der Waals surface area contributed by atoms with Crippen molar-refractivity contribution in [2.45, 2.75) is 64.3 Å². The molecule has 2 saturated carbocycles. The molecule has 0 radical (unpaired) electrons. The minimum Gasteiger partial charge on any atom is -0.354 e. The van der Waals surface area contributed by atoms with Crippen molar-refractivity contribution >= 4 is 40.4 Å².